The normalized spacial score (nSPS) is 31.5. The third-order valence-corrected chi connectivity index (χ3v) is 4.43. The van der Waals surface area contributed by atoms with Crippen molar-refractivity contribution in [3.8, 4) is 0 Å². The third kappa shape index (κ3) is 2.91. The molecule has 0 aromatic carbocycles. The Bertz CT molecular complexity index is 328. The van der Waals surface area contributed by atoms with Crippen molar-refractivity contribution in [1.82, 2.24) is 10.2 Å². The van der Waals surface area contributed by atoms with Gasteiger partial charge in [0, 0.05) is 6.04 Å². The second-order valence-electron chi connectivity index (χ2n) is 4.51. The van der Waals surface area contributed by atoms with E-state index in [9.17, 15) is 0 Å². The van der Waals surface area contributed by atoms with Crippen LogP contribution in [-0.2, 0) is 0 Å². The molecule has 1 aromatic rings. The van der Waals surface area contributed by atoms with Crippen molar-refractivity contribution in [3.05, 3.63) is 3.92 Å². The molecule has 1 saturated carbocycles. The minimum atomic E-state index is 0.570. The minimum Gasteiger partial charge on any atom is -0.357 e. The Labute approximate surface area is 103 Å². The Kier molecular flexibility index (Phi) is 3.61. The molecule has 0 radical (unpaired) electrons. The van der Waals surface area contributed by atoms with Gasteiger partial charge in [0.2, 0.25) is 5.13 Å². The number of anilines is 1. The summed E-state index contributed by atoms with van der Waals surface area (Å²) in [7, 11) is 0. The maximum atomic E-state index is 4.07. The first kappa shape index (κ1) is 11.3. The maximum absolute atomic E-state index is 4.07. The SMILES string of the molecule is CC1CCC(Nc2nnc(Br)s2)C(C)C1. The Morgan fingerprint density at radius 1 is 1.33 bits per heavy atom. The van der Waals surface area contributed by atoms with Gasteiger partial charge in [-0.25, -0.2) is 0 Å². The summed E-state index contributed by atoms with van der Waals surface area (Å²) in [6.07, 6.45) is 3.89. The first-order valence-corrected chi connectivity index (χ1v) is 7.01. The maximum Gasteiger partial charge on any atom is 0.206 e. The highest BCUT2D eigenvalue weighted by molar-refractivity contribution is 9.11. The fourth-order valence-electron chi connectivity index (χ4n) is 2.30. The number of halogens is 1. The van der Waals surface area contributed by atoms with Crippen molar-refractivity contribution in [2.75, 3.05) is 5.32 Å². The van der Waals surface area contributed by atoms with Crippen molar-refractivity contribution in [3.63, 3.8) is 0 Å². The second kappa shape index (κ2) is 4.78. The van der Waals surface area contributed by atoms with E-state index in [0.717, 1.165) is 20.9 Å². The van der Waals surface area contributed by atoms with Crippen LogP contribution in [0.15, 0.2) is 3.92 Å². The van der Waals surface area contributed by atoms with Crippen LogP contribution in [0.3, 0.4) is 0 Å². The van der Waals surface area contributed by atoms with Crippen LogP contribution in [0.4, 0.5) is 5.13 Å². The molecule has 0 amide bonds. The zero-order valence-corrected chi connectivity index (χ0v) is 11.4. The van der Waals surface area contributed by atoms with Crippen molar-refractivity contribution in [2.24, 2.45) is 11.8 Å². The Balaban J connectivity index is 1.94. The van der Waals surface area contributed by atoms with Crippen LogP contribution in [0.1, 0.15) is 33.1 Å². The summed E-state index contributed by atoms with van der Waals surface area (Å²) in [5, 5.41) is 12.4. The highest BCUT2D eigenvalue weighted by atomic mass is 79.9. The molecule has 15 heavy (non-hydrogen) atoms. The molecule has 1 heterocycles. The molecule has 1 N–H and O–H groups in total. The van der Waals surface area contributed by atoms with Crippen molar-refractivity contribution in [2.45, 2.75) is 39.2 Å². The molecule has 1 fully saturated rings. The summed E-state index contributed by atoms with van der Waals surface area (Å²) in [6.45, 7) is 4.66. The van der Waals surface area contributed by atoms with Crippen LogP contribution >= 0.6 is 27.3 Å². The molecule has 2 rings (SSSR count). The number of nitrogens with one attached hydrogen (secondary N) is 1. The fourth-order valence-corrected chi connectivity index (χ4v) is 3.37. The summed E-state index contributed by atoms with van der Waals surface area (Å²) in [5.41, 5.74) is 0. The molecule has 0 aliphatic heterocycles. The second-order valence-corrected chi connectivity index (χ2v) is 6.76. The lowest BCUT2D eigenvalue weighted by Crippen LogP contribution is -2.32. The largest absolute Gasteiger partial charge is 0.357 e. The molecule has 1 aromatic heterocycles. The van der Waals surface area contributed by atoms with Crippen LogP contribution in [0.5, 0.6) is 0 Å². The monoisotopic (exact) mass is 289 g/mol. The molecule has 0 spiro atoms. The number of rotatable bonds is 2. The molecule has 1 aliphatic carbocycles. The average molecular weight is 290 g/mol. The van der Waals surface area contributed by atoms with Crippen LogP contribution < -0.4 is 5.32 Å². The third-order valence-electron chi connectivity index (χ3n) is 3.14. The van der Waals surface area contributed by atoms with Crippen LogP contribution in [-0.4, -0.2) is 16.2 Å². The van der Waals surface area contributed by atoms with Gasteiger partial charge in [-0.05, 0) is 47.0 Å². The molecular weight excluding hydrogens is 274 g/mol. The molecule has 3 nitrogen and oxygen atoms in total. The van der Waals surface area contributed by atoms with Gasteiger partial charge in [-0.15, -0.1) is 10.2 Å². The summed E-state index contributed by atoms with van der Waals surface area (Å²) in [6, 6.07) is 0.570. The first-order chi connectivity index (χ1) is 7.15. The molecule has 3 unspecified atom stereocenters. The summed E-state index contributed by atoms with van der Waals surface area (Å²) in [4.78, 5) is 0. The molecule has 1 aliphatic rings. The van der Waals surface area contributed by atoms with Gasteiger partial charge in [-0.2, -0.15) is 0 Å². The summed E-state index contributed by atoms with van der Waals surface area (Å²) >= 11 is 4.89. The summed E-state index contributed by atoms with van der Waals surface area (Å²) in [5.74, 6) is 1.61. The van der Waals surface area contributed by atoms with Crippen LogP contribution in [0.2, 0.25) is 0 Å². The van der Waals surface area contributed by atoms with Crippen molar-refractivity contribution >= 4 is 32.4 Å². The zero-order valence-electron chi connectivity index (χ0n) is 9.03. The lowest BCUT2D eigenvalue weighted by Gasteiger charge is -2.32. The van der Waals surface area contributed by atoms with E-state index in [4.69, 9.17) is 0 Å². The number of nitrogens with zero attached hydrogens (tertiary/aromatic N) is 2. The zero-order chi connectivity index (χ0) is 10.8. The van der Waals surface area contributed by atoms with Crippen LogP contribution in [0.25, 0.3) is 0 Å². The van der Waals surface area contributed by atoms with Gasteiger partial charge in [0.25, 0.3) is 0 Å². The first-order valence-electron chi connectivity index (χ1n) is 5.40. The van der Waals surface area contributed by atoms with Gasteiger partial charge in [0.15, 0.2) is 3.92 Å². The molecule has 5 heteroatoms. The molecule has 0 saturated heterocycles. The lowest BCUT2D eigenvalue weighted by molar-refractivity contribution is 0.276. The standard InChI is InChI=1S/C10H16BrN3S/c1-6-3-4-8(7(2)5-6)12-10-14-13-9(11)15-10/h6-8H,3-5H2,1-2H3,(H,12,14). The predicted octanol–water partition coefficient (Wildman–Crippen LogP) is 3.54. The quantitative estimate of drug-likeness (QED) is 0.905. The highest BCUT2D eigenvalue weighted by Crippen LogP contribution is 2.31. The van der Waals surface area contributed by atoms with Crippen molar-refractivity contribution < 1.29 is 0 Å². The lowest BCUT2D eigenvalue weighted by atomic mass is 9.80. The fraction of sp³-hybridized carbons (Fsp3) is 0.800. The van der Waals surface area contributed by atoms with Crippen molar-refractivity contribution in [1.29, 1.82) is 0 Å². The average Bonchev–Trinajstić information content (AvgIpc) is 2.56. The van der Waals surface area contributed by atoms with Gasteiger partial charge >= 0.3 is 0 Å². The molecular formula is C10H16BrN3S. The topological polar surface area (TPSA) is 37.8 Å². The smallest absolute Gasteiger partial charge is 0.206 e. The van der Waals surface area contributed by atoms with Gasteiger partial charge in [0.05, 0.1) is 0 Å². The molecule has 0 bridgehead atoms. The Hall–Kier alpha value is -0.160. The van der Waals surface area contributed by atoms with E-state index in [0.29, 0.717) is 6.04 Å². The predicted molar refractivity (Wildman–Crippen MR) is 67.2 cm³/mol. The number of aromatic nitrogens is 2. The molecule has 84 valence electrons. The van der Waals surface area contributed by atoms with E-state index >= 15 is 0 Å². The number of hydrogen-bond donors (Lipinski definition) is 1. The van der Waals surface area contributed by atoms with Crippen LogP contribution in [0, 0.1) is 11.8 Å². The Morgan fingerprint density at radius 2 is 2.13 bits per heavy atom. The van der Waals surface area contributed by atoms with Gasteiger partial charge < -0.3 is 5.32 Å². The van der Waals surface area contributed by atoms with E-state index in [2.05, 4.69) is 45.3 Å². The molecule has 3 atom stereocenters. The van der Waals surface area contributed by atoms with E-state index in [1.54, 1.807) is 11.3 Å². The van der Waals surface area contributed by atoms with Gasteiger partial charge in [-0.1, -0.05) is 25.2 Å². The number of hydrogen-bond acceptors (Lipinski definition) is 4. The van der Waals surface area contributed by atoms with E-state index in [1.807, 2.05) is 0 Å². The van der Waals surface area contributed by atoms with E-state index < -0.39 is 0 Å². The summed E-state index contributed by atoms with van der Waals surface area (Å²) < 4.78 is 0.849. The highest BCUT2D eigenvalue weighted by Gasteiger charge is 2.25. The Morgan fingerprint density at radius 3 is 2.73 bits per heavy atom. The van der Waals surface area contributed by atoms with Gasteiger partial charge in [-0.3, -0.25) is 0 Å². The van der Waals surface area contributed by atoms with E-state index in [-0.39, 0.29) is 0 Å². The van der Waals surface area contributed by atoms with Gasteiger partial charge in [0.1, 0.15) is 0 Å². The minimum absolute atomic E-state index is 0.570. The van der Waals surface area contributed by atoms with E-state index in [1.165, 1.54) is 19.3 Å².